The summed E-state index contributed by atoms with van der Waals surface area (Å²) in [6, 6.07) is 7.19. The smallest absolute Gasteiger partial charge is 0.124 e. The Morgan fingerprint density at radius 1 is 0.487 bits per heavy atom. The Kier molecular flexibility index (Phi) is 89.9. The second-order valence-corrected chi connectivity index (χ2v) is 8.79. The maximum Gasteiger partial charge on any atom is 0.124 e. The van der Waals surface area contributed by atoms with Crippen molar-refractivity contribution < 1.29 is 33.4 Å². The van der Waals surface area contributed by atoms with Gasteiger partial charge in [-0.1, -0.05) is 123 Å². The Hall–Kier alpha value is -1.23. The van der Waals surface area contributed by atoms with Crippen molar-refractivity contribution in [1.29, 1.82) is 0 Å². The van der Waals surface area contributed by atoms with E-state index in [9.17, 15) is 33.4 Å². The van der Waals surface area contributed by atoms with Crippen LogP contribution in [0.2, 0.25) is 0 Å². The molecule has 0 radical (unpaired) electrons. The minimum absolute atomic E-state index is 0. The third-order valence-corrected chi connectivity index (χ3v) is 4.87. The number of quaternary nitrogens is 5. The van der Waals surface area contributed by atoms with Crippen molar-refractivity contribution in [2.75, 3.05) is 26.4 Å². The molecule has 0 atom stereocenters. The minimum atomic E-state index is -4.25. The van der Waals surface area contributed by atoms with Gasteiger partial charge in [-0.05, 0) is 12.1 Å². The third kappa shape index (κ3) is 72.5. The summed E-state index contributed by atoms with van der Waals surface area (Å²) in [5.41, 5.74) is 0. The summed E-state index contributed by atoms with van der Waals surface area (Å²) in [7, 11) is -4.25. The van der Waals surface area contributed by atoms with E-state index < -0.39 is 10.1 Å². The highest BCUT2D eigenvalue weighted by atomic mass is 32.2. The van der Waals surface area contributed by atoms with E-state index in [0.29, 0.717) is 0 Å². The predicted octanol–water partition coefficient (Wildman–Crippen LogP) is 4.62. The van der Waals surface area contributed by atoms with Gasteiger partial charge in [-0.25, -0.2) is 8.42 Å². The van der Waals surface area contributed by atoms with Crippen LogP contribution in [-0.4, -0.2) is 39.4 Å². The molecule has 0 fully saturated rings. The molecule has 0 aliphatic carbocycles. The molecule has 1 aromatic rings. The number of rotatable bonds is 13. The molecule has 20 N–H and O–H groups in total. The fraction of sp³-hybridized carbons (Fsp3) is 0.769. The van der Waals surface area contributed by atoms with E-state index >= 15 is 0 Å². The molecule has 0 spiro atoms. The molecule has 39 heavy (non-hydrogen) atoms. The van der Waals surface area contributed by atoms with Crippen molar-refractivity contribution in [3.8, 4) is 0 Å². The summed E-state index contributed by atoms with van der Waals surface area (Å²) in [5.74, 6) is 0. The van der Waals surface area contributed by atoms with Crippen molar-refractivity contribution in [1.82, 2.24) is 30.8 Å². The molecule has 0 heterocycles. The highest BCUT2D eigenvalue weighted by Gasteiger charge is 1.95. The molecule has 0 saturated heterocycles. The average molecular weight is 596 g/mol. The van der Waals surface area contributed by atoms with Crippen LogP contribution in [0.15, 0.2) is 35.2 Å². The summed E-state index contributed by atoms with van der Waals surface area (Å²) in [6.07, 6.45) is 12.5. The summed E-state index contributed by atoms with van der Waals surface area (Å²) >= 11 is 0. The highest BCUT2D eigenvalue weighted by molar-refractivity contribution is 7.85. The number of hydrogen-bond acceptors (Lipinski definition) is 7. The van der Waals surface area contributed by atoms with Crippen LogP contribution in [0.5, 0.6) is 0 Å². The Bertz CT molecular complexity index is 511. The summed E-state index contributed by atoms with van der Waals surface area (Å²) in [5, 5.41) is 38.8. The first kappa shape index (κ1) is 61.7. The zero-order chi connectivity index (χ0) is 26.9. The molecular formula is C26H69N5O7S. The topological polar surface area (TPSA) is 332 Å². The van der Waals surface area contributed by atoms with Crippen LogP contribution >= 0.6 is 0 Å². The largest absolute Gasteiger partial charge is 0.854 e. The maximum atomic E-state index is 10.3. The van der Waals surface area contributed by atoms with Crippen LogP contribution in [0, 0.1) is 0 Å². The van der Waals surface area contributed by atoms with Gasteiger partial charge in [0.2, 0.25) is 0 Å². The van der Waals surface area contributed by atoms with Gasteiger partial charge < -0.3 is 55.7 Å². The molecule has 1 rings (SSSR count). The zero-order valence-electron chi connectivity index (χ0n) is 27.0. The van der Waals surface area contributed by atoms with Gasteiger partial charge in [0, 0.05) is 0 Å². The lowest BCUT2D eigenvalue weighted by Gasteiger charge is -2.04. The van der Waals surface area contributed by atoms with E-state index in [1.165, 1.54) is 24.3 Å². The Balaban J connectivity index is -0.0000000408. The van der Waals surface area contributed by atoms with E-state index in [2.05, 4.69) is 27.7 Å². The van der Waals surface area contributed by atoms with E-state index in [1.54, 1.807) is 6.07 Å². The molecule has 0 saturated carbocycles. The molecule has 0 bridgehead atoms. The molecule has 13 heteroatoms. The second-order valence-electron chi connectivity index (χ2n) is 7.41. The lowest BCUT2D eigenvalue weighted by atomic mass is 10.3. The van der Waals surface area contributed by atoms with Gasteiger partial charge >= 0.3 is 0 Å². The van der Waals surface area contributed by atoms with Gasteiger partial charge in [0.15, 0.2) is 0 Å². The van der Waals surface area contributed by atoms with E-state index in [1.807, 2.05) is 0 Å². The van der Waals surface area contributed by atoms with Gasteiger partial charge in [0.25, 0.3) is 0 Å². The molecular weight excluding hydrogens is 526 g/mol. The van der Waals surface area contributed by atoms with Crippen LogP contribution in [0.3, 0.4) is 0 Å². The first-order valence-corrected chi connectivity index (χ1v) is 14.0. The van der Waals surface area contributed by atoms with Gasteiger partial charge in [-0.2, -0.15) is 0 Å². The molecule has 1 aromatic carbocycles. The third-order valence-electron chi connectivity index (χ3n) is 4.02. The molecule has 0 amide bonds. The lowest BCUT2D eigenvalue weighted by molar-refractivity contribution is -0.368. The second kappa shape index (κ2) is 56.8. The fourth-order valence-corrected chi connectivity index (χ4v) is 2.49. The predicted molar refractivity (Wildman–Crippen MR) is 162 cm³/mol. The van der Waals surface area contributed by atoms with Crippen molar-refractivity contribution in [2.24, 2.45) is 0 Å². The Morgan fingerprint density at radius 3 is 0.821 bits per heavy atom. The number of unbranched alkanes of at least 4 members (excludes halogenated alkanes) is 8. The molecule has 0 aliphatic heterocycles. The highest BCUT2D eigenvalue weighted by Crippen LogP contribution is 2.05. The van der Waals surface area contributed by atoms with Crippen LogP contribution in [0.1, 0.15) is 105 Å². The zero-order valence-corrected chi connectivity index (χ0v) is 27.8. The van der Waals surface area contributed by atoms with Crippen molar-refractivity contribution in [2.45, 2.75) is 110 Å². The Morgan fingerprint density at radius 2 is 0.718 bits per heavy atom. The molecule has 12 nitrogen and oxygen atoms in total. The van der Waals surface area contributed by atoms with Crippen molar-refractivity contribution in [3.63, 3.8) is 0 Å². The summed E-state index contributed by atoms with van der Waals surface area (Å²) < 4.78 is 30.8. The van der Waals surface area contributed by atoms with Crippen molar-refractivity contribution >= 4 is 10.1 Å². The van der Waals surface area contributed by atoms with Crippen LogP contribution in [-0.2, 0) is 10.1 Å². The monoisotopic (exact) mass is 595 g/mol. The van der Waals surface area contributed by atoms with Crippen molar-refractivity contribution in [3.05, 3.63) is 30.3 Å². The lowest BCUT2D eigenvalue weighted by Crippen LogP contribution is -2.03. The first-order chi connectivity index (χ1) is 16.3. The maximum absolute atomic E-state index is 10.3. The van der Waals surface area contributed by atoms with Crippen LogP contribution < -0.4 is 51.2 Å². The quantitative estimate of drug-likeness (QED) is 0.159. The van der Waals surface area contributed by atoms with E-state index in [0.717, 1.165) is 77.0 Å². The standard InChI is InChI=1S/C6H6O3S.4C5H11O.5H3N/c7-10(8,9)6-4-2-1-3-5-6;4*1-2-3-4-5-6;;;;;/h1-5H,(H,7,8,9);4*2-5H2,1H3;5*1H3/q;4*-1;;;;;/p+4. The van der Waals surface area contributed by atoms with E-state index in [4.69, 9.17) is 0 Å². The molecule has 0 aliphatic rings. The summed E-state index contributed by atoms with van der Waals surface area (Å²) in [6.45, 7) is 8.79. The fourth-order valence-electron chi connectivity index (χ4n) is 2.00. The van der Waals surface area contributed by atoms with Gasteiger partial charge in [-0.3, -0.25) is 0 Å². The van der Waals surface area contributed by atoms with Gasteiger partial charge in [-0.15, -0.1) is 26.4 Å². The first-order valence-electron chi connectivity index (χ1n) is 12.6. The van der Waals surface area contributed by atoms with Gasteiger partial charge in [0.1, 0.15) is 10.1 Å². The number of hydrogen-bond donors (Lipinski definition) is 5. The molecule has 246 valence electrons. The summed E-state index contributed by atoms with van der Waals surface area (Å²) in [4.78, 5) is -0.185. The van der Waals surface area contributed by atoms with Crippen LogP contribution in [0.4, 0.5) is 0 Å². The number of benzene rings is 1. The average Bonchev–Trinajstić information content (AvgIpc) is 2.85. The normalized spacial score (nSPS) is 8.44. The minimum Gasteiger partial charge on any atom is -0.854 e. The Labute approximate surface area is 240 Å². The SMILES string of the molecule is CCCCC[O-].CCCCC[O-].CCCCC[O-].CCCCC[O-].O=S(=O)([O-])c1ccccc1.[NH4+].[NH4+].[NH4+].[NH4+].[NH4+]. The van der Waals surface area contributed by atoms with Gasteiger partial charge in [0.05, 0.1) is 4.90 Å². The van der Waals surface area contributed by atoms with Crippen LogP contribution in [0.25, 0.3) is 0 Å². The molecule has 0 aromatic heterocycles. The van der Waals surface area contributed by atoms with E-state index in [-0.39, 0.29) is 62.1 Å². The molecule has 0 unspecified atom stereocenters.